The third-order valence-corrected chi connectivity index (χ3v) is 6.84. The molecule has 2 aliphatic carbocycles. The van der Waals surface area contributed by atoms with E-state index in [0.717, 1.165) is 36.1 Å². The van der Waals surface area contributed by atoms with Gasteiger partial charge in [0, 0.05) is 12.6 Å². The van der Waals surface area contributed by atoms with E-state index in [-0.39, 0.29) is 17.3 Å². The molecular weight excluding hydrogens is 404 g/mol. The molecule has 2 aliphatic rings. The molecule has 0 aliphatic heterocycles. The normalized spacial score (nSPS) is 17.5. The second kappa shape index (κ2) is 7.68. The highest BCUT2D eigenvalue weighted by Crippen LogP contribution is 2.35. The van der Waals surface area contributed by atoms with Gasteiger partial charge in [-0.2, -0.15) is 5.10 Å². The van der Waals surface area contributed by atoms with Crippen LogP contribution in [0.25, 0.3) is 10.2 Å². The molecule has 162 valence electrons. The number of amides is 1. The average molecular weight is 433 g/mol. The molecule has 2 aromatic heterocycles. The van der Waals surface area contributed by atoms with Gasteiger partial charge in [-0.05, 0) is 64.9 Å². The number of rotatable bonds is 5. The van der Waals surface area contributed by atoms with Crippen LogP contribution < -0.4 is 16.7 Å². The summed E-state index contributed by atoms with van der Waals surface area (Å²) in [5.74, 6) is 0.490. The zero-order valence-electron chi connectivity index (χ0n) is 17.9. The Morgan fingerprint density at radius 1 is 1.27 bits per heavy atom. The fraction of sp³-hybridized carbons (Fsp3) is 0.619. The summed E-state index contributed by atoms with van der Waals surface area (Å²) in [4.78, 5) is 39.5. The van der Waals surface area contributed by atoms with Gasteiger partial charge in [-0.3, -0.25) is 13.9 Å². The Balaban J connectivity index is 1.71. The van der Waals surface area contributed by atoms with Gasteiger partial charge in [0.25, 0.3) is 5.56 Å². The Morgan fingerprint density at radius 3 is 2.53 bits per heavy atom. The maximum atomic E-state index is 13.1. The molecule has 2 heterocycles. The topological polar surface area (TPSA) is 94.7 Å². The summed E-state index contributed by atoms with van der Waals surface area (Å²) >= 11 is 1.37. The second-order valence-corrected chi connectivity index (χ2v) is 10.3. The zero-order valence-corrected chi connectivity index (χ0v) is 18.7. The van der Waals surface area contributed by atoms with Crippen LogP contribution in [0.4, 0.5) is 4.79 Å². The molecule has 0 spiro atoms. The van der Waals surface area contributed by atoms with Crippen LogP contribution in [0.3, 0.4) is 0 Å². The quantitative estimate of drug-likeness (QED) is 0.578. The smallest absolute Gasteiger partial charge is 0.428 e. The van der Waals surface area contributed by atoms with Gasteiger partial charge in [0.15, 0.2) is 0 Å². The van der Waals surface area contributed by atoms with E-state index in [9.17, 15) is 14.4 Å². The molecule has 0 bridgehead atoms. The molecule has 0 aromatic carbocycles. The summed E-state index contributed by atoms with van der Waals surface area (Å²) in [5.41, 5.74) is 2.12. The van der Waals surface area contributed by atoms with Crippen LogP contribution in [0.1, 0.15) is 69.4 Å². The number of nitrogens with one attached hydrogen (secondary N) is 1. The molecule has 30 heavy (non-hydrogen) atoms. The number of aromatic nitrogens is 2. The van der Waals surface area contributed by atoms with E-state index in [1.807, 2.05) is 6.92 Å². The van der Waals surface area contributed by atoms with Crippen LogP contribution in [-0.4, -0.2) is 27.0 Å². The van der Waals surface area contributed by atoms with Crippen LogP contribution in [-0.2, 0) is 11.3 Å². The number of carbonyl (C=O) groups excluding carboxylic acids is 1. The lowest BCUT2D eigenvalue weighted by atomic mass is 9.85. The molecule has 1 N–H and O–H groups in total. The highest BCUT2D eigenvalue weighted by molar-refractivity contribution is 7.20. The van der Waals surface area contributed by atoms with E-state index < -0.39 is 11.7 Å². The molecule has 0 unspecified atom stereocenters. The van der Waals surface area contributed by atoms with E-state index in [1.54, 1.807) is 25.3 Å². The van der Waals surface area contributed by atoms with Gasteiger partial charge in [-0.25, -0.2) is 15.0 Å². The first kappa shape index (κ1) is 20.8. The third-order valence-electron chi connectivity index (χ3n) is 5.59. The van der Waals surface area contributed by atoms with E-state index >= 15 is 0 Å². The van der Waals surface area contributed by atoms with Crippen molar-refractivity contribution in [2.45, 2.75) is 78.0 Å². The first-order valence-corrected chi connectivity index (χ1v) is 11.3. The predicted octanol–water partition coefficient (Wildman–Crippen LogP) is 3.53. The molecule has 2 aromatic rings. The standard InChI is InChI=1S/C21H28N4O4S/c1-12-15(10-22-23-19(27)29-21(2,3)4)30-18-16(12)17(26)25(14-8-9-14)20(28)24(18)11-13-6-5-7-13/h10,13-14H,5-9,11H2,1-4H3,(H,23,27)/b22-10+. The lowest BCUT2D eigenvalue weighted by Crippen LogP contribution is -2.40. The number of hydrogen-bond acceptors (Lipinski definition) is 6. The monoisotopic (exact) mass is 432 g/mol. The van der Waals surface area contributed by atoms with E-state index in [1.165, 1.54) is 28.5 Å². The molecule has 8 nitrogen and oxygen atoms in total. The lowest BCUT2D eigenvalue weighted by Gasteiger charge is -2.26. The van der Waals surface area contributed by atoms with Crippen LogP contribution in [0.5, 0.6) is 0 Å². The molecule has 0 atom stereocenters. The Bertz CT molecular complexity index is 1130. The van der Waals surface area contributed by atoms with Gasteiger partial charge in [0.2, 0.25) is 0 Å². The molecule has 0 saturated heterocycles. The largest absolute Gasteiger partial charge is 0.443 e. The van der Waals surface area contributed by atoms with Crippen LogP contribution >= 0.6 is 11.3 Å². The van der Waals surface area contributed by atoms with Gasteiger partial charge in [0.05, 0.1) is 16.5 Å². The number of hydrazone groups is 1. The van der Waals surface area contributed by atoms with Crippen molar-refractivity contribution >= 4 is 33.9 Å². The van der Waals surface area contributed by atoms with Gasteiger partial charge >= 0.3 is 11.8 Å². The maximum absolute atomic E-state index is 13.1. The van der Waals surface area contributed by atoms with Crippen LogP contribution in [0, 0.1) is 12.8 Å². The van der Waals surface area contributed by atoms with Crippen molar-refractivity contribution in [3.05, 3.63) is 31.3 Å². The van der Waals surface area contributed by atoms with Gasteiger partial charge in [-0.15, -0.1) is 11.3 Å². The average Bonchev–Trinajstić information content (AvgIpc) is 3.36. The van der Waals surface area contributed by atoms with Gasteiger partial charge < -0.3 is 4.74 Å². The number of carbonyl (C=O) groups is 1. The third kappa shape index (κ3) is 4.08. The van der Waals surface area contributed by atoms with Crippen molar-refractivity contribution in [1.29, 1.82) is 0 Å². The molecular formula is C21H28N4O4S. The zero-order chi connectivity index (χ0) is 21.6. The number of ether oxygens (including phenoxy) is 1. The Hall–Kier alpha value is -2.42. The van der Waals surface area contributed by atoms with Gasteiger partial charge in [0.1, 0.15) is 10.4 Å². The number of hydrogen-bond donors (Lipinski definition) is 1. The van der Waals surface area contributed by atoms with Crippen LogP contribution in [0.2, 0.25) is 0 Å². The number of fused-ring (bicyclic) bond motifs is 1. The minimum Gasteiger partial charge on any atom is -0.443 e. The SMILES string of the molecule is Cc1c(/C=N/NC(=O)OC(C)(C)C)sc2c1c(=O)n(C1CC1)c(=O)n2CC1CCC1. The maximum Gasteiger partial charge on any atom is 0.428 e. The first-order valence-electron chi connectivity index (χ1n) is 10.5. The van der Waals surface area contributed by atoms with Crippen molar-refractivity contribution in [3.63, 3.8) is 0 Å². The minimum atomic E-state index is -0.643. The summed E-state index contributed by atoms with van der Waals surface area (Å²) in [6, 6.07) is 0.0206. The van der Waals surface area contributed by atoms with Crippen molar-refractivity contribution < 1.29 is 9.53 Å². The van der Waals surface area contributed by atoms with Crippen molar-refractivity contribution in [3.8, 4) is 0 Å². The first-order chi connectivity index (χ1) is 14.2. The molecule has 0 radical (unpaired) electrons. The van der Waals surface area contributed by atoms with E-state index in [4.69, 9.17) is 4.74 Å². The Kier molecular flexibility index (Phi) is 5.34. The Morgan fingerprint density at radius 2 is 1.97 bits per heavy atom. The van der Waals surface area contributed by atoms with Crippen LogP contribution in [0.15, 0.2) is 14.7 Å². The molecule has 4 rings (SSSR count). The molecule has 2 saturated carbocycles. The second-order valence-electron chi connectivity index (χ2n) is 9.24. The summed E-state index contributed by atoms with van der Waals surface area (Å²) in [5, 5.41) is 4.57. The summed E-state index contributed by atoms with van der Waals surface area (Å²) < 4.78 is 8.40. The van der Waals surface area contributed by atoms with Crippen molar-refractivity contribution in [2.75, 3.05) is 0 Å². The molecule has 1 amide bonds. The highest BCUT2D eigenvalue weighted by Gasteiger charge is 2.31. The number of nitrogens with zero attached hydrogens (tertiary/aromatic N) is 3. The fourth-order valence-corrected chi connectivity index (χ4v) is 4.87. The van der Waals surface area contributed by atoms with E-state index in [2.05, 4.69) is 10.5 Å². The minimum absolute atomic E-state index is 0.0206. The fourth-order valence-electron chi connectivity index (χ4n) is 3.70. The highest BCUT2D eigenvalue weighted by atomic mass is 32.1. The molecule has 9 heteroatoms. The summed E-state index contributed by atoms with van der Waals surface area (Å²) in [6.07, 6.45) is 6.06. The van der Waals surface area contributed by atoms with Crippen molar-refractivity contribution in [2.24, 2.45) is 11.0 Å². The molecule has 2 fully saturated rings. The summed E-state index contributed by atoms with van der Waals surface area (Å²) in [6.45, 7) is 7.84. The van der Waals surface area contributed by atoms with Crippen molar-refractivity contribution in [1.82, 2.24) is 14.6 Å². The number of aryl methyl sites for hydroxylation is 1. The summed E-state index contributed by atoms with van der Waals surface area (Å²) in [7, 11) is 0. The Labute approximate surface area is 178 Å². The number of thiophene rings is 1. The lowest BCUT2D eigenvalue weighted by molar-refractivity contribution is 0.0529. The predicted molar refractivity (Wildman–Crippen MR) is 118 cm³/mol. The van der Waals surface area contributed by atoms with E-state index in [0.29, 0.717) is 22.7 Å². The van der Waals surface area contributed by atoms with Gasteiger partial charge in [-0.1, -0.05) is 6.42 Å².